The van der Waals surface area contributed by atoms with E-state index in [0.29, 0.717) is 23.6 Å². The number of benzene rings is 2. The Labute approximate surface area is 219 Å². The number of hydrogen-bond donors (Lipinski definition) is 1. The maximum absolute atomic E-state index is 10.4. The van der Waals surface area contributed by atoms with Crippen molar-refractivity contribution < 1.29 is 24.6 Å². The molecule has 2 bridgehead atoms. The highest BCUT2D eigenvalue weighted by Gasteiger charge is 2.53. The molecule has 2 aromatic carbocycles. The number of ether oxygens (including phenoxy) is 1. The normalized spacial score (nSPS) is 23.9. The molecule has 1 aliphatic heterocycles. The highest BCUT2D eigenvalue weighted by Crippen LogP contribution is 2.57. The third-order valence-electron chi connectivity index (χ3n) is 8.43. The van der Waals surface area contributed by atoms with Crippen LogP contribution in [0.2, 0.25) is 0 Å². The summed E-state index contributed by atoms with van der Waals surface area (Å²) in [6.07, 6.45) is 5.01. The molecule has 0 radical (unpaired) electrons. The van der Waals surface area contributed by atoms with Crippen molar-refractivity contribution >= 4 is 17.1 Å². The summed E-state index contributed by atoms with van der Waals surface area (Å²) in [5.41, 5.74) is 3.75. The third kappa shape index (κ3) is 4.55. The van der Waals surface area contributed by atoms with E-state index in [2.05, 4.69) is 44.0 Å². The van der Waals surface area contributed by atoms with Gasteiger partial charge in [0.15, 0.2) is 0 Å². The minimum Gasteiger partial charge on any atom is -0.497 e. The maximum atomic E-state index is 10.4. The molecule has 202 valence electrons. The van der Waals surface area contributed by atoms with Crippen molar-refractivity contribution in [3.05, 3.63) is 82.9 Å². The lowest BCUT2D eigenvalue weighted by molar-refractivity contribution is -0.404. The molecule has 1 fully saturated rings. The van der Waals surface area contributed by atoms with E-state index < -0.39 is 37.6 Å². The Hall–Kier alpha value is -4.06. The average Bonchev–Trinajstić information content (AvgIpc) is 2.87. The number of likely N-dealkylation sites (tertiary alicyclic amines) is 1. The minimum absolute atomic E-state index is 0.350. The van der Waals surface area contributed by atoms with Gasteiger partial charge in [-0.3, -0.25) is 30.3 Å². The number of methoxy groups -OCH3 is 1. The lowest BCUT2D eigenvalue weighted by Gasteiger charge is -2.58. The van der Waals surface area contributed by atoms with Crippen molar-refractivity contribution in [2.45, 2.75) is 51.0 Å². The lowest BCUT2D eigenvalue weighted by atomic mass is 9.52. The van der Waals surface area contributed by atoms with Crippen molar-refractivity contribution in [3.63, 3.8) is 0 Å². The standard InChI is InChI=1S/C20H27NO.C6H3N3O7/c1-13-9-18-19-10-15-5-6-16(22-4)11-17(15)20(18,12-14(13)2)7-8-21(19)3;10-6-4(8(13)14)1-3(7(11)12)2-5(6)9(15)16/h5-6,11,18-19H,7-10,12H2,1-4H3;1-2,10H. The quantitative estimate of drug-likeness (QED) is 0.326. The second-order valence-corrected chi connectivity index (χ2v) is 10.3. The zero-order valence-corrected chi connectivity index (χ0v) is 21.7. The summed E-state index contributed by atoms with van der Waals surface area (Å²) in [5, 5.41) is 40.2. The van der Waals surface area contributed by atoms with Gasteiger partial charge in [-0.25, -0.2) is 0 Å². The number of nitrogens with zero attached hydrogens (tertiary/aromatic N) is 4. The third-order valence-corrected chi connectivity index (χ3v) is 8.43. The van der Waals surface area contributed by atoms with E-state index >= 15 is 0 Å². The molecule has 38 heavy (non-hydrogen) atoms. The van der Waals surface area contributed by atoms with Gasteiger partial charge in [-0.05, 0) is 82.3 Å². The number of allylic oxidation sites excluding steroid dienone is 2. The molecule has 1 heterocycles. The van der Waals surface area contributed by atoms with Gasteiger partial charge in [0.05, 0.1) is 34.0 Å². The molecule has 3 aliphatic rings. The Kier molecular flexibility index (Phi) is 7.11. The monoisotopic (exact) mass is 526 g/mol. The largest absolute Gasteiger partial charge is 0.497 e. The van der Waals surface area contributed by atoms with Gasteiger partial charge < -0.3 is 14.7 Å². The first-order valence-corrected chi connectivity index (χ1v) is 12.2. The Balaban J connectivity index is 0.000000188. The van der Waals surface area contributed by atoms with Gasteiger partial charge in [0, 0.05) is 11.5 Å². The number of rotatable bonds is 4. The van der Waals surface area contributed by atoms with E-state index in [9.17, 15) is 30.3 Å². The number of piperidine rings is 1. The molecule has 0 spiro atoms. The minimum atomic E-state index is -1.21. The predicted molar refractivity (Wildman–Crippen MR) is 139 cm³/mol. The van der Waals surface area contributed by atoms with Crippen LogP contribution in [0.25, 0.3) is 0 Å². The Morgan fingerprint density at radius 2 is 1.61 bits per heavy atom. The number of aromatic hydroxyl groups is 1. The Bertz CT molecular complexity index is 1320. The topological polar surface area (TPSA) is 162 Å². The smallest absolute Gasteiger partial charge is 0.324 e. The molecule has 12 heteroatoms. The molecular weight excluding hydrogens is 496 g/mol. The average molecular weight is 527 g/mol. The van der Waals surface area contributed by atoms with E-state index in [4.69, 9.17) is 9.84 Å². The fourth-order valence-corrected chi connectivity index (χ4v) is 6.33. The Morgan fingerprint density at radius 3 is 2.16 bits per heavy atom. The fourth-order valence-electron chi connectivity index (χ4n) is 6.33. The van der Waals surface area contributed by atoms with Crippen LogP contribution in [0.3, 0.4) is 0 Å². The summed E-state index contributed by atoms with van der Waals surface area (Å²) in [4.78, 5) is 30.4. The van der Waals surface area contributed by atoms with E-state index in [1.807, 2.05) is 0 Å². The molecule has 2 aliphatic carbocycles. The first-order valence-electron chi connectivity index (χ1n) is 12.2. The van der Waals surface area contributed by atoms with Crippen LogP contribution in [0, 0.1) is 36.3 Å². The van der Waals surface area contributed by atoms with Crippen molar-refractivity contribution in [1.29, 1.82) is 0 Å². The molecule has 3 atom stereocenters. The zero-order chi connectivity index (χ0) is 27.9. The summed E-state index contributed by atoms with van der Waals surface area (Å²) in [6, 6.07) is 8.40. The van der Waals surface area contributed by atoms with Gasteiger partial charge in [-0.15, -0.1) is 0 Å². The highest BCUT2D eigenvalue weighted by molar-refractivity contribution is 5.64. The highest BCUT2D eigenvalue weighted by atomic mass is 16.6. The molecule has 0 aromatic heterocycles. The number of phenols is 1. The Morgan fingerprint density at radius 1 is 0.974 bits per heavy atom. The van der Waals surface area contributed by atoms with Gasteiger partial charge in [0.2, 0.25) is 0 Å². The van der Waals surface area contributed by atoms with Crippen LogP contribution in [0.5, 0.6) is 11.5 Å². The maximum Gasteiger partial charge on any atom is 0.324 e. The van der Waals surface area contributed by atoms with Crippen LogP contribution in [0.15, 0.2) is 41.5 Å². The number of nitro benzene ring substituents is 3. The van der Waals surface area contributed by atoms with E-state index in [1.165, 1.54) is 32.2 Å². The fraction of sp³-hybridized carbons (Fsp3) is 0.462. The second-order valence-electron chi connectivity index (χ2n) is 10.3. The van der Waals surface area contributed by atoms with Gasteiger partial charge >= 0.3 is 11.4 Å². The SMILES string of the molecule is COc1ccc2c(c1)C13CCN(C)C(C2)C1CC(C)=C(C)C3.O=[N+]([O-])c1cc([N+](=O)[O-])c(O)c([N+](=O)[O-])c1. The van der Waals surface area contributed by atoms with Crippen LogP contribution >= 0.6 is 0 Å². The molecule has 12 nitrogen and oxygen atoms in total. The summed E-state index contributed by atoms with van der Waals surface area (Å²) in [7, 11) is 4.11. The number of non-ortho nitro benzene ring substituents is 1. The van der Waals surface area contributed by atoms with Crippen LogP contribution in [-0.4, -0.2) is 51.5 Å². The molecule has 0 amide bonds. The zero-order valence-electron chi connectivity index (χ0n) is 21.7. The van der Waals surface area contributed by atoms with Gasteiger partial charge in [0.1, 0.15) is 5.75 Å². The van der Waals surface area contributed by atoms with E-state index in [0.717, 1.165) is 11.7 Å². The lowest BCUT2D eigenvalue weighted by Crippen LogP contribution is -2.59. The first kappa shape index (κ1) is 27.0. The van der Waals surface area contributed by atoms with Crippen molar-refractivity contribution in [3.8, 4) is 11.5 Å². The van der Waals surface area contributed by atoms with Gasteiger partial charge in [0.25, 0.3) is 11.4 Å². The van der Waals surface area contributed by atoms with Gasteiger partial charge in [-0.2, -0.15) is 0 Å². The summed E-state index contributed by atoms with van der Waals surface area (Å²) in [6.45, 7) is 5.92. The molecule has 2 aromatic rings. The summed E-state index contributed by atoms with van der Waals surface area (Å²) in [5.74, 6) is 0.586. The van der Waals surface area contributed by atoms with Crippen molar-refractivity contribution in [1.82, 2.24) is 4.90 Å². The van der Waals surface area contributed by atoms with Crippen LogP contribution in [0.1, 0.15) is 44.2 Å². The van der Waals surface area contributed by atoms with E-state index in [-0.39, 0.29) is 0 Å². The molecule has 5 rings (SSSR count). The van der Waals surface area contributed by atoms with Gasteiger partial charge in [-0.1, -0.05) is 17.2 Å². The summed E-state index contributed by atoms with van der Waals surface area (Å²) < 4.78 is 5.54. The summed E-state index contributed by atoms with van der Waals surface area (Å²) >= 11 is 0. The number of nitro groups is 3. The van der Waals surface area contributed by atoms with Crippen molar-refractivity contribution in [2.24, 2.45) is 5.92 Å². The number of phenolic OH excluding ortho intramolecular Hbond substituents is 1. The molecule has 3 unspecified atom stereocenters. The first-order chi connectivity index (χ1) is 17.9. The van der Waals surface area contributed by atoms with Crippen LogP contribution in [0.4, 0.5) is 17.1 Å². The van der Waals surface area contributed by atoms with E-state index in [1.54, 1.807) is 29.4 Å². The second kappa shape index (κ2) is 10.0. The predicted octanol–water partition coefficient (Wildman–Crippen LogP) is 5.06. The number of likely N-dealkylation sites (N-methyl/N-ethyl adjacent to an activating group) is 1. The van der Waals surface area contributed by atoms with Crippen LogP contribution < -0.4 is 4.74 Å². The molecule has 0 saturated carbocycles. The number of hydrogen-bond acceptors (Lipinski definition) is 9. The molecule has 1 N–H and O–H groups in total. The van der Waals surface area contributed by atoms with Crippen LogP contribution in [-0.2, 0) is 11.8 Å². The van der Waals surface area contributed by atoms with Crippen molar-refractivity contribution in [2.75, 3.05) is 20.7 Å². The number of fused-ring (bicyclic) bond motifs is 1. The molecule has 1 saturated heterocycles. The molecular formula is C26H30N4O8.